The van der Waals surface area contributed by atoms with Gasteiger partial charge in [-0.1, -0.05) is 38.1 Å². The number of benzene rings is 1. The summed E-state index contributed by atoms with van der Waals surface area (Å²) in [6, 6.07) is 9.44. The van der Waals surface area contributed by atoms with Crippen molar-refractivity contribution in [3.63, 3.8) is 0 Å². The Kier molecular flexibility index (Phi) is 6.79. The van der Waals surface area contributed by atoms with Gasteiger partial charge in [0, 0.05) is 12.3 Å². The van der Waals surface area contributed by atoms with Crippen LogP contribution in [-0.2, 0) is 22.5 Å². The summed E-state index contributed by atoms with van der Waals surface area (Å²) in [6.07, 6.45) is -2.54. The lowest BCUT2D eigenvalue weighted by Crippen LogP contribution is -2.19. The first kappa shape index (κ1) is 20.0. The van der Waals surface area contributed by atoms with Crippen molar-refractivity contribution >= 4 is 11.7 Å². The summed E-state index contributed by atoms with van der Waals surface area (Å²) in [5, 5.41) is 6.76. The van der Waals surface area contributed by atoms with Gasteiger partial charge in [0.05, 0.1) is 19.6 Å². The molecule has 8 heteroatoms. The van der Waals surface area contributed by atoms with Crippen LogP contribution in [0.4, 0.5) is 19.0 Å². The van der Waals surface area contributed by atoms with E-state index < -0.39 is 12.8 Å². The van der Waals surface area contributed by atoms with Crippen molar-refractivity contribution in [2.45, 2.75) is 38.9 Å². The number of nitrogens with one attached hydrogen (secondary N) is 1. The predicted octanol–water partition coefficient (Wildman–Crippen LogP) is 3.77. The maximum Gasteiger partial charge on any atom is 0.411 e. The van der Waals surface area contributed by atoms with Gasteiger partial charge in [-0.05, 0) is 17.0 Å². The molecule has 1 aromatic heterocycles. The number of aromatic nitrogens is 2. The highest BCUT2D eigenvalue weighted by Gasteiger charge is 2.27. The number of anilines is 1. The quantitative estimate of drug-likeness (QED) is 0.721. The SMILES string of the molecule is CC(C)c1ccc(CC(=O)Nc2ccn(CCOCC(F)(F)F)n2)cc1. The Hall–Kier alpha value is -2.35. The number of carbonyl (C=O) groups is 1. The molecule has 0 aliphatic rings. The van der Waals surface area contributed by atoms with Gasteiger partial charge in [0.1, 0.15) is 6.61 Å². The fourth-order valence-corrected chi connectivity index (χ4v) is 2.29. The molecule has 0 aliphatic carbocycles. The minimum absolute atomic E-state index is 0.114. The van der Waals surface area contributed by atoms with Crippen molar-refractivity contribution in [1.82, 2.24) is 9.78 Å². The van der Waals surface area contributed by atoms with Gasteiger partial charge in [0.2, 0.25) is 5.91 Å². The Morgan fingerprint density at radius 1 is 1.23 bits per heavy atom. The second-order valence-corrected chi connectivity index (χ2v) is 6.25. The Balaban J connectivity index is 1.78. The van der Waals surface area contributed by atoms with E-state index >= 15 is 0 Å². The molecule has 5 nitrogen and oxygen atoms in total. The number of carbonyl (C=O) groups excluding carboxylic acids is 1. The molecule has 0 atom stereocenters. The first-order chi connectivity index (χ1) is 12.2. The summed E-state index contributed by atoms with van der Waals surface area (Å²) >= 11 is 0. The van der Waals surface area contributed by atoms with Gasteiger partial charge in [0.15, 0.2) is 5.82 Å². The van der Waals surface area contributed by atoms with Gasteiger partial charge >= 0.3 is 6.18 Å². The fourth-order valence-electron chi connectivity index (χ4n) is 2.29. The molecule has 0 aliphatic heterocycles. The molecule has 1 aromatic carbocycles. The van der Waals surface area contributed by atoms with Crippen molar-refractivity contribution in [3.05, 3.63) is 47.7 Å². The van der Waals surface area contributed by atoms with Crippen molar-refractivity contribution in [2.75, 3.05) is 18.5 Å². The molecule has 2 aromatic rings. The van der Waals surface area contributed by atoms with Crippen molar-refractivity contribution in [3.8, 4) is 0 Å². The van der Waals surface area contributed by atoms with Crippen molar-refractivity contribution in [1.29, 1.82) is 0 Å². The van der Waals surface area contributed by atoms with Crippen LogP contribution in [0.1, 0.15) is 30.9 Å². The van der Waals surface area contributed by atoms with Crippen LogP contribution in [0.15, 0.2) is 36.5 Å². The highest BCUT2D eigenvalue weighted by Crippen LogP contribution is 2.16. The van der Waals surface area contributed by atoms with Crippen LogP contribution in [0.2, 0.25) is 0 Å². The number of rotatable bonds is 8. The molecule has 0 spiro atoms. The fraction of sp³-hybridized carbons (Fsp3) is 0.444. The van der Waals surface area contributed by atoms with Gasteiger partial charge < -0.3 is 10.1 Å². The predicted molar refractivity (Wildman–Crippen MR) is 92.0 cm³/mol. The Morgan fingerprint density at radius 2 is 1.92 bits per heavy atom. The van der Waals surface area contributed by atoms with Crippen molar-refractivity contribution < 1.29 is 22.7 Å². The van der Waals surface area contributed by atoms with Crippen molar-refractivity contribution in [2.24, 2.45) is 0 Å². The second-order valence-electron chi connectivity index (χ2n) is 6.25. The minimum atomic E-state index is -4.34. The Bertz CT molecular complexity index is 709. The zero-order valence-corrected chi connectivity index (χ0v) is 14.7. The first-order valence-electron chi connectivity index (χ1n) is 8.29. The third-order valence-corrected chi connectivity index (χ3v) is 3.65. The van der Waals surface area contributed by atoms with Gasteiger partial charge in [0.25, 0.3) is 0 Å². The highest BCUT2D eigenvalue weighted by atomic mass is 19.4. The van der Waals surface area contributed by atoms with Crippen LogP contribution in [0.25, 0.3) is 0 Å². The van der Waals surface area contributed by atoms with Crippen LogP contribution in [0.5, 0.6) is 0 Å². The molecule has 0 bridgehead atoms. The number of halogens is 3. The smallest absolute Gasteiger partial charge is 0.370 e. The van der Waals surface area contributed by atoms with E-state index in [-0.39, 0.29) is 25.5 Å². The zero-order chi connectivity index (χ0) is 19.2. The van der Waals surface area contributed by atoms with E-state index in [9.17, 15) is 18.0 Å². The van der Waals surface area contributed by atoms with E-state index in [1.54, 1.807) is 12.3 Å². The van der Waals surface area contributed by atoms with Crippen LogP contribution < -0.4 is 5.32 Å². The maximum atomic E-state index is 12.1. The van der Waals surface area contributed by atoms with E-state index in [1.165, 1.54) is 10.2 Å². The molecule has 0 saturated heterocycles. The number of alkyl halides is 3. The molecule has 26 heavy (non-hydrogen) atoms. The lowest BCUT2D eigenvalue weighted by molar-refractivity contribution is -0.174. The summed E-state index contributed by atoms with van der Waals surface area (Å²) in [6.45, 7) is 2.98. The molecule has 1 amide bonds. The molecular formula is C18H22F3N3O2. The number of hydrogen-bond donors (Lipinski definition) is 1. The lowest BCUT2D eigenvalue weighted by atomic mass is 10.0. The highest BCUT2D eigenvalue weighted by molar-refractivity contribution is 5.91. The van der Waals surface area contributed by atoms with E-state index in [0.29, 0.717) is 11.7 Å². The minimum Gasteiger partial charge on any atom is -0.370 e. The van der Waals surface area contributed by atoms with Gasteiger partial charge in [-0.2, -0.15) is 18.3 Å². The second kappa shape index (κ2) is 8.84. The van der Waals surface area contributed by atoms with Gasteiger partial charge in [-0.15, -0.1) is 0 Å². The third kappa shape index (κ3) is 6.87. The monoisotopic (exact) mass is 369 g/mol. The van der Waals surface area contributed by atoms with Gasteiger partial charge in [-0.3, -0.25) is 9.48 Å². The number of ether oxygens (including phenoxy) is 1. The van der Waals surface area contributed by atoms with Crippen LogP contribution in [0, 0.1) is 0 Å². The molecule has 0 saturated carbocycles. The molecule has 0 fully saturated rings. The Morgan fingerprint density at radius 3 is 2.54 bits per heavy atom. The maximum absolute atomic E-state index is 12.1. The average molecular weight is 369 g/mol. The number of amides is 1. The summed E-state index contributed by atoms with van der Waals surface area (Å²) in [7, 11) is 0. The third-order valence-electron chi connectivity index (χ3n) is 3.65. The molecule has 0 radical (unpaired) electrons. The molecular weight excluding hydrogens is 347 g/mol. The summed E-state index contributed by atoms with van der Waals surface area (Å²) in [5.74, 6) is 0.576. The summed E-state index contributed by atoms with van der Waals surface area (Å²) in [4.78, 5) is 12.1. The molecule has 1 heterocycles. The topological polar surface area (TPSA) is 56.2 Å². The Labute approximate surface area is 150 Å². The standard InChI is InChI=1S/C18H22F3N3O2/c1-13(2)15-5-3-14(4-6-15)11-17(25)22-16-7-8-24(23-16)9-10-26-12-18(19,20)21/h3-8,13H,9-12H2,1-2H3,(H,22,23,25). The molecule has 0 unspecified atom stereocenters. The number of hydrogen-bond acceptors (Lipinski definition) is 3. The van der Waals surface area contributed by atoms with Gasteiger partial charge in [-0.25, -0.2) is 0 Å². The molecule has 142 valence electrons. The molecule has 2 rings (SSSR count). The summed E-state index contributed by atoms with van der Waals surface area (Å²) in [5.41, 5.74) is 2.10. The number of nitrogens with zero attached hydrogens (tertiary/aromatic N) is 2. The normalized spacial score (nSPS) is 11.8. The van der Waals surface area contributed by atoms with E-state index in [1.807, 2.05) is 24.3 Å². The molecule has 1 N–H and O–H groups in total. The average Bonchev–Trinajstić information content (AvgIpc) is 2.98. The zero-order valence-electron chi connectivity index (χ0n) is 14.7. The van der Waals surface area contributed by atoms with Crippen LogP contribution >= 0.6 is 0 Å². The first-order valence-corrected chi connectivity index (χ1v) is 8.29. The largest absolute Gasteiger partial charge is 0.411 e. The van der Waals surface area contributed by atoms with Crippen LogP contribution in [-0.4, -0.2) is 35.1 Å². The van der Waals surface area contributed by atoms with E-state index in [0.717, 1.165) is 5.56 Å². The summed E-state index contributed by atoms with van der Waals surface area (Å²) < 4.78 is 41.9. The van der Waals surface area contributed by atoms with E-state index in [4.69, 9.17) is 0 Å². The van der Waals surface area contributed by atoms with Crippen LogP contribution in [0.3, 0.4) is 0 Å². The lowest BCUT2D eigenvalue weighted by Gasteiger charge is -2.08. The van der Waals surface area contributed by atoms with E-state index in [2.05, 4.69) is 29.0 Å².